The van der Waals surface area contributed by atoms with E-state index in [0.717, 1.165) is 10.9 Å². The van der Waals surface area contributed by atoms with Crippen molar-refractivity contribution < 1.29 is 9.15 Å². The third-order valence-electron chi connectivity index (χ3n) is 3.08. The lowest BCUT2D eigenvalue weighted by molar-refractivity contribution is 0.306. The van der Waals surface area contributed by atoms with Crippen LogP contribution in [-0.2, 0) is 6.61 Å². The van der Waals surface area contributed by atoms with Crippen LogP contribution in [0.2, 0.25) is 0 Å². The van der Waals surface area contributed by atoms with Crippen molar-refractivity contribution in [2.24, 2.45) is 0 Å². The lowest BCUT2D eigenvalue weighted by Crippen LogP contribution is -1.97. The second-order valence-electron chi connectivity index (χ2n) is 4.55. The van der Waals surface area contributed by atoms with Crippen molar-refractivity contribution >= 4 is 11.0 Å². The van der Waals surface area contributed by atoms with E-state index in [2.05, 4.69) is 6.07 Å². The van der Waals surface area contributed by atoms with Crippen LogP contribution < -0.4 is 10.4 Å². The van der Waals surface area contributed by atoms with Crippen LogP contribution in [-0.4, -0.2) is 0 Å². The van der Waals surface area contributed by atoms with Crippen molar-refractivity contribution in [1.82, 2.24) is 0 Å². The van der Waals surface area contributed by atoms with E-state index >= 15 is 0 Å². The quantitative estimate of drug-likeness (QED) is 0.689. The van der Waals surface area contributed by atoms with Gasteiger partial charge in [0.1, 0.15) is 17.9 Å². The molecule has 0 saturated heterocycles. The number of hydrogen-bond donors (Lipinski definition) is 0. The number of ether oxygens (including phenoxy) is 1. The fraction of sp³-hybridized carbons (Fsp3) is 0.0588. The summed E-state index contributed by atoms with van der Waals surface area (Å²) >= 11 is 0. The Morgan fingerprint density at radius 3 is 2.57 bits per heavy atom. The van der Waals surface area contributed by atoms with Crippen LogP contribution >= 0.6 is 0 Å². The van der Waals surface area contributed by atoms with Gasteiger partial charge in [0.05, 0.1) is 11.6 Å². The molecule has 4 nitrogen and oxygen atoms in total. The molecule has 21 heavy (non-hydrogen) atoms. The summed E-state index contributed by atoms with van der Waals surface area (Å²) in [5.74, 6) is 0.626. The van der Waals surface area contributed by atoms with Gasteiger partial charge in [-0.25, -0.2) is 4.79 Å². The highest BCUT2D eigenvalue weighted by Gasteiger charge is 2.01. The van der Waals surface area contributed by atoms with Crippen LogP contribution in [0, 0.1) is 11.3 Å². The molecular weight excluding hydrogens is 266 g/mol. The Hall–Kier alpha value is -3.06. The van der Waals surface area contributed by atoms with E-state index in [1.807, 2.05) is 24.3 Å². The van der Waals surface area contributed by atoms with Crippen molar-refractivity contribution in [3.05, 3.63) is 76.1 Å². The second kappa shape index (κ2) is 5.51. The van der Waals surface area contributed by atoms with E-state index in [-0.39, 0.29) is 5.63 Å². The summed E-state index contributed by atoms with van der Waals surface area (Å²) in [4.78, 5) is 11.2. The Balaban J connectivity index is 1.78. The first-order valence-corrected chi connectivity index (χ1v) is 6.40. The first-order valence-electron chi connectivity index (χ1n) is 6.40. The van der Waals surface area contributed by atoms with Crippen LogP contribution in [0.3, 0.4) is 0 Å². The molecule has 0 fully saturated rings. The van der Waals surface area contributed by atoms with Gasteiger partial charge in [-0.05, 0) is 35.9 Å². The fourth-order valence-corrected chi connectivity index (χ4v) is 1.97. The summed E-state index contributed by atoms with van der Waals surface area (Å²) in [5, 5.41) is 9.59. The SMILES string of the molecule is N#Cc1ccc(COc2ccc3ccc(=O)oc3c2)cc1. The van der Waals surface area contributed by atoms with E-state index in [1.165, 1.54) is 6.07 Å². The van der Waals surface area contributed by atoms with Gasteiger partial charge < -0.3 is 9.15 Å². The minimum Gasteiger partial charge on any atom is -0.489 e. The third-order valence-corrected chi connectivity index (χ3v) is 3.08. The molecule has 0 atom stereocenters. The first-order chi connectivity index (χ1) is 10.2. The highest BCUT2D eigenvalue weighted by Crippen LogP contribution is 2.20. The number of rotatable bonds is 3. The molecule has 0 radical (unpaired) electrons. The first kappa shape index (κ1) is 12.9. The van der Waals surface area contributed by atoms with Crippen molar-refractivity contribution in [2.45, 2.75) is 6.61 Å². The fourth-order valence-electron chi connectivity index (χ4n) is 1.97. The molecule has 1 heterocycles. The maximum atomic E-state index is 11.2. The zero-order valence-electron chi connectivity index (χ0n) is 11.1. The molecule has 4 heteroatoms. The average Bonchev–Trinajstić information content (AvgIpc) is 2.53. The number of nitrogens with zero attached hydrogens (tertiary/aromatic N) is 1. The Kier molecular flexibility index (Phi) is 3.40. The highest BCUT2D eigenvalue weighted by atomic mass is 16.5. The molecule has 0 aliphatic rings. The summed E-state index contributed by atoms with van der Waals surface area (Å²) in [6.07, 6.45) is 0. The standard InChI is InChI=1S/C17H11NO3/c18-10-12-1-3-13(4-2-12)11-20-15-7-5-14-6-8-17(19)21-16(14)9-15/h1-9H,11H2. The van der Waals surface area contributed by atoms with E-state index in [0.29, 0.717) is 23.5 Å². The molecule has 0 aliphatic heterocycles. The Bertz CT molecular complexity index is 873. The van der Waals surface area contributed by atoms with Gasteiger partial charge in [0, 0.05) is 17.5 Å². The molecule has 2 aromatic carbocycles. The summed E-state index contributed by atoms with van der Waals surface area (Å²) in [6, 6.07) is 17.7. The van der Waals surface area contributed by atoms with Gasteiger partial charge in [-0.15, -0.1) is 0 Å². The van der Waals surface area contributed by atoms with Gasteiger partial charge in [0.25, 0.3) is 0 Å². The van der Waals surface area contributed by atoms with Crippen LogP contribution in [0.4, 0.5) is 0 Å². The third kappa shape index (κ3) is 2.93. The van der Waals surface area contributed by atoms with Crippen LogP contribution in [0.15, 0.2) is 63.8 Å². The number of nitriles is 1. The second-order valence-corrected chi connectivity index (χ2v) is 4.55. The molecule has 0 bridgehead atoms. The molecule has 102 valence electrons. The number of benzene rings is 2. The van der Waals surface area contributed by atoms with Gasteiger partial charge in [0.2, 0.25) is 0 Å². The zero-order valence-corrected chi connectivity index (χ0v) is 11.1. The van der Waals surface area contributed by atoms with E-state index in [1.54, 1.807) is 24.3 Å². The van der Waals surface area contributed by atoms with Crippen LogP contribution in [0.25, 0.3) is 11.0 Å². The molecule has 0 aliphatic carbocycles. The van der Waals surface area contributed by atoms with E-state index in [9.17, 15) is 4.79 Å². The Morgan fingerprint density at radius 1 is 1.05 bits per heavy atom. The number of fused-ring (bicyclic) bond motifs is 1. The molecular formula is C17H11NO3. The van der Waals surface area contributed by atoms with Crippen molar-refractivity contribution in [3.63, 3.8) is 0 Å². The maximum absolute atomic E-state index is 11.2. The predicted octanol–water partition coefficient (Wildman–Crippen LogP) is 3.24. The zero-order chi connectivity index (χ0) is 14.7. The molecule has 0 N–H and O–H groups in total. The summed E-state index contributed by atoms with van der Waals surface area (Å²) in [7, 11) is 0. The van der Waals surface area contributed by atoms with Crippen molar-refractivity contribution in [1.29, 1.82) is 5.26 Å². The van der Waals surface area contributed by atoms with Gasteiger partial charge in [0.15, 0.2) is 0 Å². The van der Waals surface area contributed by atoms with Gasteiger partial charge in [-0.3, -0.25) is 0 Å². The van der Waals surface area contributed by atoms with Crippen molar-refractivity contribution in [2.75, 3.05) is 0 Å². The smallest absolute Gasteiger partial charge is 0.336 e. The molecule has 3 rings (SSSR count). The minimum atomic E-state index is -0.383. The lowest BCUT2D eigenvalue weighted by Gasteiger charge is -2.07. The molecule has 1 aromatic heterocycles. The van der Waals surface area contributed by atoms with Gasteiger partial charge in [-0.2, -0.15) is 5.26 Å². The average molecular weight is 277 g/mol. The normalized spacial score (nSPS) is 10.2. The highest BCUT2D eigenvalue weighted by molar-refractivity contribution is 5.77. The Morgan fingerprint density at radius 2 is 1.81 bits per heavy atom. The van der Waals surface area contributed by atoms with E-state index in [4.69, 9.17) is 14.4 Å². The van der Waals surface area contributed by atoms with Crippen LogP contribution in [0.1, 0.15) is 11.1 Å². The Labute approximate surface area is 120 Å². The summed E-state index contributed by atoms with van der Waals surface area (Å²) in [5.41, 5.74) is 1.70. The van der Waals surface area contributed by atoms with Gasteiger partial charge >= 0.3 is 5.63 Å². The van der Waals surface area contributed by atoms with Gasteiger partial charge in [-0.1, -0.05) is 12.1 Å². The molecule has 0 unspecified atom stereocenters. The van der Waals surface area contributed by atoms with E-state index < -0.39 is 0 Å². The number of hydrogen-bond acceptors (Lipinski definition) is 4. The summed E-state index contributed by atoms with van der Waals surface area (Å²) < 4.78 is 10.8. The van der Waals surface area contributed by atoms with Crippen molar-refractivity contribution in [3.8, 4) is 11.8 Å². The molecule has 0 saturated carbocycles. The lowest BCUT2D eigenvalue weighted by atomic mass is 10.1. The topological polar surface area (TPSA) is 63.2 Å². The molecule has 0 spiro atoms. The maximum Gasteiger partial charge on any atom is 0.336 e. The molecule has 0 amide bonds. The molecule has 3 aromatic rings. The monoisotopic (exact) mass is 277 g/mol. The van der Waals surface area contributed by atoms with Crippen LogP contribution in [0.5, 0.6) is 5.75 Å². The predicted molar refractivity (Wildman–Crippen MR) is 78.0 cm³/mol. The summed E-state index contributed by atoms with van der Waals surface area (Å²) in [6.45, 7) is 0.383. The minimum absolute atomic E-state index is 0.383. The largest absolute Gasteiger partial charge is 0.489 e.